The van der Waals surface area contributed by atoms with Crippen molar-refractivity contribution >= 4 is 28.6 Å². The zero-order valence-corrected chi connectivity index (χ0v) is 18.3. The van der Waals surface area contributed by atoms with E-state index in [4.69, 9.17) is 16.0 Å². The predicted molar refractivity (Wildman–Crippen MR) is 124 cm³/mol. The Morgan fingerprint density at radius 2 is 1.81 bits per heavy atom. The van der Waals surface area contributed by atoms with Crippen molar-refractivity contribution in [2.24, 2.45) is 0 Å². The molecule has 0 aliphatic carbocycles. The lowest BCUT2D eigenvalue weighted by atomic mass is 9.95. The molecular weight excluding hydrogens is 424 g/mol. The normalized spacial score (nSPS) is 14.7. The minimum Gasteiger partial charge on any atom is -0.507 e. The fraction of sp³-hybridized carbons (Fsp3) is 0.231. The fourth-order valence-corrected chi connectivity index (χ4v) is 4.46. The molecule has 5 rings (SSSR count). The van der Waals surface area contributed by atoms with Gasteiger partial charge in [0.15, 0.2) is 11.5 Å². The van der Waals surface area contributed by atoms with Crippen LogP contribution in [0.3, 0.4) is 0 Å². The molecule has 0 saturated carbocycles. The average molecular weight is 447 g/mol. The highest BCUT2D eigenvalue weighted by Crippen LogP contribution is 2.32. The van der Waals surface area contributed by atoms with Gasteiger partial charge in [0.25, 0.3) is 5.91 Å². The third-order valence-electron chi connectivity index (χ3n) is 6.04. The molecule has 1 aliphatic rings. The molecule has 162 valence electrons. The van der Waals surface area contributed by atoms with Gasteiger partial charge < -0.3 is 14.4 Å². The number of halogens is 1. The van der Waals surface area contributed by atoms with Gasteiger partial charge in [-0.3, -0.25) is 4.79 Å². The second-order valence-electron chi connectivity index (χ2n) is 8.24. The molecule has 1 N–H and O–H groups in total. The number of benzene rings is 3. The van der Waals surface area contributed by atoms with E-state index in [1.807, 2.05) is 30.3 Å². The van der Waals surface area contributed by atoms with E-state index in [-0.39, 0.29) is 17.6 Å². The molecule has 0 radical (unpaired) electrons. The molecule has 1 aromatic heterocycles. The van der Waals surface area contributed by atoms with E-state index in [0.717, 1.165) is 35.1 Å². The van der Waals surface area contributed by atoms with Crippen LogP contribution in [-0.2, 0) is 6.42 Å². The smallest absolute Gasteiger partial charge is 0.257 e. The number of likely N-dealkylation sites (tertiary alicyclic amines) is 1. The van der Waals surface area contributed by atoms with Gasteiger partial charge in [0, 0.05) is 24.0 Å². The molecule has 0 bridgehead atoms. The number of rotatable bonds is 4. The van der Waals surface area contributed by atoms with Crippen molar-refractivity contribution < 1.29 is 14.3 Å². The Hall–Kier alpha value is -3.31. The summed E-state index contributed by atoms with van der Waals surface area (Å²) < 4.78 is 5.92. The van der Waals surface area contributed by atoms with E-state index < -0.39 is 0 Å². The number of nitrogens with zero attached hydrogens (tertiary/aromatic N) is 2. The number of fused-ring (bicyclic) bond motifs is 1. The molecule has 0 spiro atoms. The van der Waals surface area contributed by atoms with Gasteiger partial charge in [-0.1, -0.05) is 48.0 Å². The lowest BCUT2D eigenvalue weighted by Gasteiger charge is -2.31. The average Bonchev–Trinajstić information content (AvgIpc) is 3.24. The van der Waals surface area contributed by atoms with E-state index in [1.165, 1.54) is 0 Å². The summed E-state index contributed by atoms with van der Waals surface area (Å²) >= 11 is 6.05. The van der Waals surface area contributed by atoms with Crippen LogP contribution >= 0.6 is 11.6 Å². The molecule has 1 aliphatic heterocycles. The molecule has 5 nitrogen and oxygen atoms in total. The Morgan fingerprint density at radius 1 is 1.03 bits per heavy atom. The van der Waals surface area contributed by atoms with Crippen molar-refractivity contribution in [3.8, 4) is 5.75 Å². The Kier molecular flexibility index (Phi) is 5.58. The third-order valence-corrected chi connectivity index (χ3v) is 6.28. The number of oxazole rings is 1. The van der Waals surface area contributed by atoms with E-state index >= 15 is 0 Å². The molecule has 3 aromatic carbocycles. The van der Waals surface area contributed by atoms with Crippen molar-refractivity contribution in [1.82, 2.24) is 9.88 Å². The van der Waals surface area contributed by atoms with Crippen LogP contribution in [0, 0.1) is 0 Å². The number of hydrogen-bond acceptors (Lipinski definition) is 4. The summed E-state index contributed by atoms with van der Waals surface area (Å²) in [4.78, 5) is 19.6. The van der Waals surface area contributed by atoms with E-state index in [1.54, 1.807) is 29.2 Å². The predicted octanol–water partition coefficient (Wildman–Crippen LogP) is 5.80. The number of aromatic nitrogens is 1. The van der Waals surface area contributed by atoms with E-state index in [0.29, 0.717) is 36.0 Å². The lowest BCUT2D eigenvalue weighted by molar-refractivity contribution is 0.0703. The minimum atomic E-state index is -0.139. The number of phenols is 1. The van der Waals surface area contributed by atoms with E-state index in [9.17, 15) is 9.90 Å². The minimum absolute atomic E-state index is 0.0183. The van der Waals surface area contributed by atoms with Gasteiger partial charge >= 0.3 is 0 Å². The fourth-order valence-electron chi connectivity index (χ4n) is 4.29. The van der Waals surface area contributed by atoms with Crippen LogP contribution in [-0.4, -0.2) is 34.0 Å². The van der Waals surface area contributed by atoms with Crippen LogP contribution in [0.5, 0.6) is 5.75 Å². The molecule has 1 fully saturated rings. The first kappa shape index (κ1) is 20.6. The van der Waals surface area contributed by atoms with Gasteiger partial charge in [-0.25, -0.2) is 4.98 Å². The zero-order chi connectivity index (χ0) is 22.1. The maximum atomic E-state index is 13.2. The molecule has 0 unspecified atom stereocenters. The van der Waals surface area contributed by atoms with Crippen LogP contribution in [0.4, 0.5) is 0 Å². The number of amides is 1. The molecule has 6 heteroatoms. The van der Waals surface area contributed by atoms with Crippen LogP contribution in [0.15, 0.2) is 71.1 Å². The number of phenolic OH excluding ortho intramolecular Hbond substituents is 1. The summed E-state index contributed by atoms with van der Waals surface area (Å²) in [6, 6.07) is 20.8. The summed E-state index contributed by atoms with van der Waals surface area (Å²) in [6.45, 7) is 1.18. The van der Waals surface area contributed by atoms with Gasteiger partial charge in [0.05, 0.1) is 5.56 Å². The van der Waals surface area contributed by atoms with Gasteiger partial charge in [-0.05, 0) is 60.7 Å². The Morgan fingerprint density at radius 3 is 2.59 bits per heavy atom. The first-order chi connectivity index (χ1) is 15.6. The number of aromatic hydroxyl groups is 1. The standard InChI is InChI=1S/C26H23ClN2O3/c27-20-7-9-24-22(16-20)28-25(32-24)19-10-12-29(13-11-19)26(31)21-15-18(6-8-23(21)30)14-17-4-2-1-3-5-17/h1-9,15-16,19,30H,10-14H2. The molecule has 4 aromatic rings. The summed E-state index contributed by atoms with van der Waals surface area (Å²) in [7, 11) is 0. The monoisotopic (exact) mass is 446 g/mol. The molecule has 1 amide bonds. The van der Waals surface area contributed by atoms with Gasteiger partial charge in [-0.2, -0.15) is 0 Å². The maximum Gasteiger partial charge on any atom is 0.257 e. The molecule has 1 saturated heterocycles. The van der Waals surface area contributed by atoms with Crippen LogP contribution in [0.25, 0.3) is 11.1 Å². The quantitative estimate of drug-likeness (QED) is 0.430. The summed E-state index contributed by atoms with van der Waals surface area (Å²) in [5.41, 5.74) is 4.00. The largest absolute Gasteiger partial charge is 0.507 e. The maximum absolute atomic E-state index is 13.2. The highest BCUT2D eigenvalue weighted by atomic mass is 35.5. The lowest BCUT2D eigenvalue weighted by Crippen LogP contribution is -2.38. The summed E-state index contributed by atoms with van der Waals surface area (Å²) in [5, 5.41) is 11.0. The Balaban J connectivity index is 1.28. The van der Waals surface area contributed by atoms with Crippen LogP contribution < -0.4 is 0 Å². The van der Waals surface area contributed by atoms with Crippen molar-refractivity contribution in [2.45, 2.75) is 25.2 Å². The number of piperidine rings is 1. The van der Waals surface area contributed by atoms with Gasteiger partial charge in [-0.15, -0.1) is 0 Å². The highest BCUT2D eigenvalue weighted by Gasteiger charge is 2.28. The Bertz CT molecular complexity index is 1260. The van der Waals surface area contributed by atoms with Gasteiger partial charge in [0.1, 0.15) is 11.3 Å². The Labute approximate surface area is 191 Å². The van der Waals surface area contributed by atoms with Crippen LogP contribution in [0.2, 0.25) is 5.02 Å². The third kappa shape index (κ3) is 4.21. The highest BCUT2D eigenvalue weighted by molar-refractivity contribution is 6.31. The van der Waals surface area contributed by atoms with Gasteiger partial charge in [0.2, 0.25) is 0 Å². The van der Waals surface area contributed by atoms with Crippen molar-refractivity contribution in [3.63, 3.8) is 0 Å². The number of hydrogen-bond donors (Lipinski definition) is 1. The summed E-state index contributed by atoms with van der Waals surface area (Å²) in [5.74, 6) is 0.732. The first-order valence-corrected chi connectivity index (χ1v) is 11.2. The second-order valence-corrected chi connectivity index (χ2v) is 8.68. The molecule has 0 atom stereocenters. The topological polar surface area (TPSA) is 66.6 Å². The SMILES string of the molecule is O=C(c1cc(Cc2ccccc2)ccc1O)N1CCC(c2nc3cc(Cl)ccc3o2)CC1. The second kappa shape index (κ2) is 8.67. The summed E-state index contributed by atoms with van der Waals surface area (Å²) in [6.07, 6.45) is 2.23. The molecule has 2 heterocycles. The zero-order valence-electron chi connectivity index (χ0n) is 17.5. The molecule has 32 heavy (non-hydrogen) atoms. The number of carbonyl (C=O) groups excluding carboxylic acids is 1. The first-order valence-electron chi connectivity index (χ1n) is 10.8. The molecular formula is C26H23ClN2O3. The van der Waals surface area contributed by atoms with Crippen LogP contribution in [0.1, 0.15) is 46.1 Å². The number of carbonyl (C=O) groups is 1. The van der Waals surface area contributed by atoms with Crippen molar-refractivity contribution in [3.05, 3.63) is 94.3 Å². The van der Waals surface area contributed by atoms with Crippen molar-refractivity contribution in [2.75, 3.05) is 13.1 Å². The van der Waals surface area contributed by atoms with Crippen molar-refractivity contribution in [1.29, 1.82) is 0 Å². The van der Waals surface area contributed by atoms with E-state index in [2.05, 4.69) is 17.1 Å².